The van der Waals surface area contributed by atoms with Crippen LogP contribution in [-0.2, 0) is 13.0 Å². The molecule has 2 atom stereocenters. The van der Waals surface area contributed by atoms with E-state index < -0.39 is 0 Å². The summed E-state index contributed by atoms with van der Waals surface area (Å²) in [6, 6.07) is 14.8. The summed E-state index contributed by atoms with van der Waals surface area (Å²) in [5, 5.41) is 3.57. The van der Waals surface area contributed by atoms with Crippen LogP contribution in [0.1, 0.15) is 30.7 Å². The van der Waals surface area contributed by atoms with Gasteiger partial charge in [-0.3, -0.25) is 0 Å². The number of nitrogens with one attached hydrogen (secondary N) is 1. The number of hydrogen-bond donors (Lipinski definition) is 1. The Balaban J connectivity index is 1.47. The number of benzene rings is 1. The molecule has 6 nitrogen and oxygen atoms in total. The molecule has 1 saturated heterocycles. The van der Waals surface area contributed by atoms with Gasteiger partial charge in [0.1, 0.15) is 5.76 Å². The lowest BCUT2D eigenvalue weighted by molar-refractivity contribution is 0.189. The molecule has 3 heterocycles. The van der Waals surface area contributed by atoms with Crippen LogP contribution in [0, 0.1) is 5.92 Å². The van der Waals surface area contributed by atoms with Gasteiger partial charge in [0.05, 0.1) is 25.2 Å². The fourth-order valence-corrected chi connectivity index (χ4v) is 3.86. The largest absolute Gasteiger partial charge is 0.469 e. The highest BCUT2D eigenvalue weighted by molar-refractivity contribution is 5.80. The van der Waals surface area contributed by atoms with Crippen molar-refractivity contribution in [1.82, 2.24) is 19.8 Å². The summed E-state index contributed by atoms with van der Waals surface area (Å²) in [5.41, 5.74) is 1.22. The van der Waals surface area contributed by atoms with Gasteiger partial charge < -0.3 is 19.2 Å². The minimum absolute atomic E-state index is 0.403. The molecule has 4 rings (SSSR count). The Morgan fingerprint density at radius 1 is 1.24 bits per heavy atom. The van der Waals surface area contributed by atoms with Crippen LogP contribution in [0.5, 0.6) is 0 Å². The van der Waals surface area contributed by atoms with Crippen molar-refractivity contribution < 1.29 is 4.42 Å². The van der Waals surface area contributed by atoms with E-state index in [1.807, 2.05) is 30.7 Å². The molecule has 1 aromatic carbocycles. The van der Waals surface area contributed by atoms with Crippen LogP contribution in [0.25, 0.3) is 0 Å². The molecule has 0 amide bonds. The molecule has 1 aliphatic heterocycles. The molecule has 6 heteroatoms. The molecule has 152 valence electrons. The SMILES string of the molecule is CC1CCN(C(=NCc2ccccc2)NCCc2ccco2)CC1n1ccnc1. The first kappa shape index (κ1) is 19.3. The quantitative estimate of drug-likeness (QED) is 0.514. The number of likely N-dealkylation sites (tertiary alicyclic amines) is 1. The number of furan rings is 1. The summed E-state index contributed by atoms with van der Waals surface area (Å²) in [6.07, 6.45) is 9.55. The number of piperidine rings is 1. The minimum Gasteiger partial charge on any atom is -0.469 e. The highest BCUT2D eigenvalue weighted by Crippen LogP contribution is 2.27. The minimum atomic E-state index is 0.403. The van der Waals surface area contributed by atoms with Crippen LogP contribution in [0.2, 0.25) is 0 Å². The van der Waals surface area contributed by atoms with E-state index in [1.165, 1.54) is 5.56 Å². The van der Waals surface area contributed by atoms with Crippen LogP contribution >= 0.6 is 0 Å². The van der Waals surface area contributed by atoms with Gasteiger partial charge in [0, 0.05) is 38.4 Å². The normalized spacial score (nSPS) is 20.0. The fraction of sp³-hybridized carbons (Fsp3) is 0.391. The van der Waals surface area contributed by atoms with Crippen molar-refractivity contribution in [3.05, 3.63) is 78.8 Å². The maximum Gasteiger partial charge on any atom is 0.194 e. The van der Waals surface area contributed by atoms with Crippen molar-refractivity contribution >= 4 is 5.96 Å². The van der Waals surface area contributed by atoms with Gasteiger partial charge in [0.25, 0.3) is 0 Å². The van der Waals surface area contributed by atoms with Crippen LogP contribution in [-0.4, -0.2) is 40.0 Å². The molecule has 1 N–H and O–H groups in total. The number of nitrogens with zero attached hydrogens (tertiary/aromatic N) is 4. The first-order valence-corrected chi connectivity index (χ1v) is 10.4. The summed E-state index contributed by atoms with van der Waals surface area (Å²) in [7, 11) is 0. The fourth-order valence-electron chi connectivity index (χ4n) is 3.86. The molecule has 0 spiro atoms. The molecule has 2 aromatic heterocycles. The monoisotopic (exact) mass is 391 g/mol. The van der Waals surface area contributed by atoms with Gasteiger partial charge in [-0.25, -0.2) is 9.98 Å². The maximum atomic E-state index is 5.47. The van der Waals surface area contributed by atoms with Gasteiger partial charge in [-0.1, -0.05) is 37.3 Å². The summed E-state index contributed by atoms with van der Waals surface area (Å²) < 4.78 is 7.70. The third-order valence-electron chi connectivity index (χ3n) is 5.61. The molecule has 1 aliphatic rings. The van der Waals surface area contributed by atoms with E-state index >= 15 is 0 Å². The Morgan fingerprint density at radius 2 is 2.14 bits per heavy atom. The number of aliphatic imine (C=N–C) groups is 1. The molecule has 29 heavy (non-hydrogen) atoms. The predicted molar refractivity (Wildman–Crippen MR) is 115 cm³/mol. The lowest BCUT2D eigenvalue weighted by atomic mass is 9.93. The molecule has 0 saturated carbocycles. The topological polar surface area (TPSA) is 58.6 Å². The summed E-state index contributed by atoms with van der Waals surface area (Å²) in [5.74, 6) is 2.57. The van der Waals surface area contributed by atoms with Gasteiger partial charge in [0.2, 0.25) is 0 Å². The first-order chi connectivity index (χ1) is 14.3. The lowest BCUT2D eigenvalue weighted by Crippen LogP contribution is -2.49. The van der Waals surface area contributed by atoms with E-state index in [4.69, 9.17) is 9.41 Å². The summed E-state index contributed by atoms with van der Waals surface area (Å²) >= 11 is 0. The lowest BCUT2D eigenvalue weighted by Gasteiger charge is -2.39. The van der Waals surface area contributed by atoms with Gasteiger partial charge in [0.15, 0.2) is 5.96 Å². The summed E-state index contributed by atoms with van der Waals surface area (Å²) in [4.78, 5) is 11.6. The standard InChI is InChI=1S/C23H29N5O/c1-19-10-13-27(17-22(19)28-14-12-24-18-28)23(25-11-9-21-8-5-15-29-21)26-16-20-6-3-2-4-7-20/h2-8,12,14-15,18-19,22H,9-11,13,16-17H2,1H3,(H,25,26). The molecule has 0 bridgehead atoms. The Morgan fingerprint density at radius 3 is 2.90 bits per heavy atom. The number of aromatic nitrogens is 2. The van der Waals surface area contributed by atoms with Crippen molar-refractivity contribution in [2.45, 2.75) is 32.4 Å². The average Bonchev–Trinajstić information content (AvgIpc) is 3.46. The highest BCUT2D eigenvalue weighted by Gasteiger charge is 2.29. The Hall–Kier alpha value is -3.02. The Labute approximate surface area is 172 Å². The van der Waals surface area contributed by atoms with Gasteiger partial charge in [-0.2, -0.15) is 0 Å². The number of guanidine groups is 1. The number of imidazole rings is 1. The molecular formula is C23H29N5O. The zero-order valence-electron chi connectivity index (χ0n) is 16.9. The van der Waals surface area contributed by atoms with E-state index in [9.17, 15) is 0 Å². The molecule has 1 fully saturated rings. The van der Waals surface area contributed by atoms with E-state index in [0.717, 1.165) is 44.2 Å². The first-order valence-electron chi connectivity index (χ1n) is 10.4. The van der Waals surface area contributed by atoms with Crippen LogP contribution < -0.4 is 5.32 Å². The van der Waals surface area contributed by atoms with Crippen molar-refractivity contribution in [2.75, 3.05) is 19.6 Å². The number of rotatable bonds is 6. The molecule has 0 aliphatic carbocycles. The van der Waals surface area contributed by atoms with Crippen LogP contribution in [0.3, 0.4) is 0 Å². The van der Waals surface area contributed by atoms with E-state index in [2.05, 4.69) is 57.2 Å². The van der Waals surface area contributed by atoms with Gasteiger partial charge >= 0.3 is 0 Å². The molecular weight excluding hydrogens is 362 g/mol. The zero-order chi connectivity index (χ0) is 19.9. The molecule has 2 unspecified atom stereocenters. The molecule has 0 radical (unpaired) electrons. The summed E-state index contributed by atoms with van der Waals surface area (Å²) in [6.45, 7) is 5.73. The Bertz CT molecular complexity index is 873. The number of hydrogen-bond acceptors (Lipinski definition) is 3. The average molecular weight is 392 g/mol. The van der Waals surface area contributed by atoms with Crippen molar-refractivity contribution in [2.24, 2.45) is 10.9 Å². The van der Waals surface area contributed by atoms with E-state index in [1.54, 1.807) is 6.26 Å². The van der Waals surface area contributed by atoms with Crippen molar-refractivity contribution in [1.29, 1.82) is 0 Å². The second-order valence-electron chi connectivity index (χ2n) is 7.67. The van der Waals surface area contributed by atoms with Gasteiger partial charge in [-0.15, -0.1) is 0 Å². The predicted octanol–water partition coefficient (Wildman–Crippen LogP) is 3.75. The van der Waals surface area contributed by atoms with E-state index in [0.29, 0.717) is 18.5 Å². The zero-order valence-corrected chi connectivity index (χ0v) is 16.9. The Kier molecular flexibility index (Phi) is 6.29. The maximum absolute atomic E-state index is 5.47. The van der Waals surface area contributed by atoms with Crippen molar-refractivity contribution in [3.8, 4) is 0 Å². The van der Waals surface area contributed by atoms with E-state index in [-0.39, 0.29) is 0 Å². The smallest absolute Gasteiger partial charge is 0.194 e. The highest BCUT2D eigenvalue weighted by atomic mass is 16.3. The second kappa shape index (κ2) is 9.45. The van der Waals surface area contributed by atoms with Gasteiger partial charge in [-0.05, 0) is 30.0 Å². The van der Waals surface area contributed by atoms with Crippen LogP contribution in [0.4, 0.5) is 0 Å². The molecule has 3 aromatic rings. The van der Waals surface area contributed by atoms with Crippen LogP contribution in [0.15, 0.2) is 76.9 Å². The third kappa shape index (κ3) is 5.08. The second-order valence-corrected chi connectivity index (χ2v) is 7.67. The van der Waals surface area contributed by atoms with Crippen molar-refractivity contribution in [3.63, 3.8) is 0 Å². The third-order valence-corrected chi connectivity index (χ3v) is 5.61.